The number of benzene rings is 1. The van der Waals surface area contributed by atoms with Crippen molar-refractivity contribution in [2.45, 2.75) is 31.1 Å². The number of hydrogen-bond acceptors (Lipinski definition) is 8. The quantitative estimate of drug-likeness (QED) is 0.417. The topological polar surface area (TPSA) is 140 Å². The summed E-state index contributed by atoms with van der Waals surface area (Å²) in [5.74, 6) is 0.736. The minimum atomic E-state index is -3.58. The summed E-state index contributed by atoms with van der Waals surface area (Å²) in [5, 5.41) is 23.8. The lowest BCUT2D eigenvalue weighted by Gasteiger charge is -2.10. The van der Waals surface area contributed by atoms with Crippen LogP contribution in [0.2, 0.25) is 0 Å². The average molecular weight is 404 g/mol. The predicted molar refractivity (Wildman–Crippen MR) is 107 cm³/mol. The first-order chi connectivity index (χ1) is 13.5. The Morgan fingerprint density at radius 1 is 1.18 bits per heavy atom. The van der Waals surface area contributed by atoms with Gasteiger partial charge in [0.15, 0.2) is 0 Å². The maximum absolute atomic E-state index is 12.3. The molecule has 0 bridgehead atoms. The fourth-order valence-corrected chi connectivity index (χ4v) is 3.45. The van der Waals surface area contributed by atoms with E-state index >= 15 is 0 Å². The molecule has 0 saturated carbocycles. The minimum Gasteiger partial charge on any atom is -0.396 e. The molecule has 0 unspecified atom stereocenters. The summed E-state index contributed by atoms with van der Waals surface area (Å²) >= 11 is 0. The molecule has 0 saturated heterocycles. The fourth-order valence-electron chi connectivity index (χ4n) is 2.38. The molecule has 0 fully saturated rings. The number of sulfonamides is 1. The predicted octanol–water partition coefficient (Wildman–Crippen LogP) is 1.96. The second-order valence-electron chi connectivity index (χ2n) is 5.93. The van der Waals surface area contributed by atoms with E-state index in [2.05, 4.69) is 25.3 Å². The SMILES string of the molecule is CCNc1nc(Nc2ccc(S(=O)(=O)NCCCCCO)cc2)ncc1C#N. The molecule has 28 heavy (non-hydrogen) atoms. The molecule has 0 amide bonds. The number of nitrogens with zero attached hydrogens (tertiary/aromatic N) is 3. The zero-order valence-corrected chi connectivity index (χ0v) is 16.5. The van der Waals surface area contributed by atoms with E-state index in [4.69, 9.17) is 10.4 Å². The van der Waals surface area contributed by atoms with Crippen molar-refractivity contribution in [1.29, 1.82) is 5.26 Å². The summed E-state index contributed by atoms with van der Waals surface area (Å²) in [5.41, 5.74) is 0.966. The van der Waals surface area contributed by atoms with Crippen molar-refractivity contribution in [2.75, 3.05) is 30.3 Å². The van der Waals surface area contributed by atoms with Crippen molar-refractivity contribution in [1.82, 2.24) is 14.7 Å². The van der Waals surface area contributed by atoms with Crippen LogP contribution in [0.1, 0.15) is 31.7 Å². The van der Waals surface area contributed by atoms with Crippen molar-refractivity contribution in [2.24, 2.45) is 0 Å². The molecule has 10 heteroatoms. The van der Waals surface area contributed by atoms with Crippen LogP contribution in [-0.2, 0) is 10.0 Å². The number of hydrogen-bond donors (Lipinski definition) is 4. The number of anilines is 3. The van der Waals surface area contributed by atoms with Gasteiger partial charge in [-0.25, -0.2) is 18.1 Å². The van der Waals surface area contributed by atoms with Gasteiger partial charge in [0.2, 0.25) is 16.0 Å². The maximum atomic E-state index is 12.3. The van der Waals surface area contributed by atoms with Crippen LogP contribution in [0.5, 0.6) is 0 Å². The van der Waals surface area contributed by atoms with Crippen LogP contribution in [0, 0.1) is 11.3 Å². The number of unbranched alkanes of at least 4 members (excludes halogenated alkanes) is 2. The highest BCUT2D eigenvalue weighted by Crippen LogP contribution is 2.19. The summed E-state index contributed by atoms with van der Waals surface area (Å²) in [7, 11) is -3.58. The van der Waals surface area contributed by atoms with E-state index < -0.39 is 10.0 Å². The first-order valence-corrected chi connectivity index (χ1v) is 10.5. The van der Waals surface area contributed by atoms with Gasteiger partial charge in [-0.05, 0) is 50.5 Å². The number of nitrogens with one attached hydrogen (secondary N) is 3. The first kappa shape index (κ1) is 21.6. The summed E-state index contributed by atoms with van der Waals surface area (Å²) < 4.78 is 27.1. The van der Waals surface area contributed by atoms with Crippen LogP contribution in [0.15, 0.2) is 35.4 Å². The Kier molecular flexibility index (Phi) is 8.13. The molecular weight excluding hydrogens is 380 g/mol. The van der Waals surface area contributed by atoms with E-state index in [0.717, 1.165) is 6.42 Å². The van der Waals surface area contributed by atoms with Crippen LogP contribution in [0.4, 0.5) is 17.5 Å². The third-order valence-electron chi connectivity index (χ3n) is 3.80. The normalized spacial score (nSPS) is 11.0. The molecule has 0 atom stereocenters. The molecule has 2 aromatic rings. The van der Waals surface area contributed by atoms with Gasteiger partial charge in [-0.1, -0.05) is 0 Å². The van der Waals surface area contributed by atoms with E-state index in [9.17, 15) is 8.42 Å². The van der Waals surface area contributed by atoms with E-state index in [-0.39, 0.29) is 11.5 Å². The standard InChI is InChI=1S/C18H24N6O3S/c1-2-20-17-14(12-19)13-21-18(24-17)23-15-6-8-16(9-7-15)28(26,27)22-10-4-3-5-11-25/h6-9,13,22,25H,2-5,10-11H2,1H3,(H2,20,21,23,24). The van der Waals surface area contributed by atoms with Crippen LogP contribution in [-0.4, -0.2) is 43.2 Å². The minimum absolute atomic E-state index is 0.111. The lowest BCUT2D eigenvalue weighted by Crippen LogP contribution is -2.24. The average Bonchev–Trinajstić information content (AvgIpc) is 2.69. The zero-order valence-electron chi connectivity index (χ0n) is 15.6. The van der Waals surface area contributed by atoms with Crippen molar-refractivity contribution >= 4 is 27.5 Å². The van der Waals surface area contributed by atoms with E-state index in [0.29, 0.717) is 48.9 Å². The second-order valence-corrected chi connectivity index (χ2v) is 7.70. The molecule has 150 valence electrons. The third-order valence-corrected chi connectivity index (χ3v) is 5.28. The smallest absolute Gasteiger partial charge is 0.240 e. The van der Waals surface area contributed by atoms with Crippen molar-refractivity contribution in [3.8, 4) is 6.07 Å². The Morgan fingerprint density at radius 3 is 2.57 bits per heavy atom. The molecule has 1 aromatic heterocycles. The highest BCUT2D eigenvalue weighted by Gasteiger charge is 2.13. The number of aliphatic hydroxyl groups is 1. The van der Waals surface area contributed by atoms with E-state index in [1.54, 1.807) is 12.1 Å². The number of nitriles is 1. The van der Waals surface area contributed by atoms with Crippen LogP contribution >= 0.6 is 0 Å². The molecule has 9 nitrogen and oxygen atoms in total. The Balaban J connectivity index is 2.02. The van der Waals surface area contributed by atoms with E-state index in [1.165, 1.54) is 18.3 Å². The first-order valence-electron chi connectivity index (χ1n) is 8.98. The van der Waals surface area contributed by atoms with Gasteiger partial charge in [-0.3, -0.25) is 0 Å². The molecule has 1 heterocycles. The molecular formula is C18H24N6O3S. The highest BCUT2D eigenvalue weighted by molar-refractivity contribution is 7.89. The Labute approximate surface area is 164 Å². The molecule has 2 rings (SSSR count). The summed E-state index contributed by atoms with van der Waals surface area (Å²) in [6.07, 6.45) is 3.52. The molecule has 0 spiro atoms. The van der Waals surface area contributed by atoms with Gasteiger partial charge in [0.25, 0.3) is 0 Å². The second kappa shape index (κ2) is 10.6. The lowest BCUT2D eigenvalue weighted by molar-refractivity contribution is 0.283. The van der Waals surface area contributed by atoms with Crippen molar-refractivity contribution < 1.29 is 13.5 Å². The van der Waals surface area contributed by atoms with Gasteiger partial charge in [-0.2, -0.15) is 10.2 Å². The number of aromatic nitrogens is 2. The molecule has 1 aromatic carbocycles. The summed E-state index contributed by atoms with van der Waals surface area (Å²) in [4.78, 5) is 8.51. The van der Waals surface area contributed by atoms with Gasteiger partial charge in [-0.15, -0.1) is 0 Å². The maximum Gasteiger partial charge on any atom is 0.240 e. The third kappa shape index (κ3) is 6.16. The van der Waals surface area contributed by atoms with Gasteiger partial charge >= 0.3 is 0 Å². The van der Waals surface area contributed by atoms with Crippen molar-refractivity contribution in [3.63, 3.8) is 0 Å². The molecule has 4 N–H and O–H groups in total. The Bertz CT molecular complexity index is 910. The fraction of sp³-hybridized carbons (Fsp3) is 0.389. The van der Waals surface area contributed by atoms with Gasteiger partial charge in [0, 0.05) is 25.4 Å². The lowest BCUT2D eigenvalue weighted by atomic mass is 10.2. The van der Waals surface area contributed by atoms with E-state index in [1.807, 2.05) is 13.0 Å². The highest BCUT2D eigenvalue weighted by atomic mass is 32.2. The van der Waals surface area contributed by atoms with Crippen LogP contribution < -0.4 is 15.4 Å². The van der Waals surface area contributed by atoms with Crippen LogP contribution in [0.25, 0.3) is 0 Å². The number of rotatable bonds is 11. The molecule has 0 aliphatic rings. The molecule has 0 aliphatic heterocycles. The summed E-state index contributed by atoms with van der Waals surface area (Å²) in [6, 6.07) is 8.25. The van der Waals surface area contributed by atoms with Crippen LogP contribution in [0.3, 0.4) is 0 Å². The van der Waals surface area contributed by atoms with Gasteiger partial charge < -0.3 is 15.7 Å². The zero-order chi connectivity index (χ0) is 20.4. The largest absolute Gasteiger partial charge is 0.396 e. The molecule has 0 radical (unpaired) electrons. The summed E-state index contributed by atoms with van der Waals surface area (Å²) in [6.45, 7) is 2.95. The Hall–Kier alpha value is -2.74. The number of aliphatic hydroxyl groups excluding tert-OH is 1. The van der Waals surface area contributed by atoms with Crippen molar-refractivity contribution in [3.05, 3.63) is 36.0 Å². The van der Waals surface area contributed by atoms with Gasteiger partial charge in [0.05, 0.1) is 11.1 Å². The Morgan fingerprint density at radius 2 is 1.93 bits per heavy atom. The monoisotopic (exact) mass is 404 g/mol. The molecule has 0 aliphatic carbocycles. The van der Waals surface area contributed by atoms with Gasteiger partial charge in [0.1, 0.15) is 17.5 Å².